The van der Waals surface area contributed by atoms with Gasteiger partial charge < -0.3 is 38.8 Å². The zero-order valence-corrected chi connectivity index (χ0v) is 26.0. The molecule has 238 valence electrons. The number of hydrogen-bond acceptors (Lipinski definition) is 11. The molecule has 0 saturated carbocycles. The Labute approximate surface area is 253 Å². The normalized spacial score (nSPS) is 25.7. The molecule has 0 aromatic heterocycles. The molecule has 3 heterocycles. The highest BCUT2D eigenvalue weighted by Gasteiger charge is 2.59. The van der Waals surface area contributed by atoms with Crippen LogP contribution < -0.4 is 9.47 Å². The quantitative estimate of drug-likeness (QED) is 0.343. The number of ether oxygens (including phenoxy) is 5. The molecule has 1 fully saturated rings. The van der Waals surface area contributed by atoms with Gasteiger partial charge in [0.05, 0.1) is 30.6 Å². The minimum atomic E-state index is -2.15. The largest absolute Gasteiger partial charge is 0.497 e. The summed E-state index contributed by atoms with van der Waals surface area (Å²) in [4.78, 5) is 31.2. The van der Waals surface area contributed by atoms with E-state index in [1.165, 1.54) is 0 Å². The van der Waals surface area contributed by atoms with E-state index in [4.69, 9.17) is 23.7 Å². The predicted molar refractivity (Wildman–Crippen MR) is 157 cm³/mol. The maximum atomic E-state index is 14.0. The highest BCUT2D eigenvalue weighted by atomic mass is 16.7. The first-order valence-electron chi connectivity index (χ1n) is 15.3. The summed E-state index contributed by atoms with van der Waals surface area (Å²) in [5.41, 5.74) is -1.47. The molecule has 11 nitrogen and oxygen atoms in total. The number of esters is 2. The van der Waals surface area contributed by atoms with Gasteiger partial charge >= 0.3 is 11.9 Å². The lowest BCUT2D eigenvalue weighted by molar-refractivity contribution is -0.179. The Kier molecular flexibility index (Phi) is 9.00. The third-order valence-electron chi connectivity index (χ3n) is 9.20. The summed E-state index contributed by atoms with van der Waals surface area (Å²) in [5.74, 6) is -0.0368. The van der Waals surface area contributed by atoms with Gasteiger partial charge in [-0.3, -0.25) is 9.69 Å². The Morgan fingerprint density at radius 1 is 1.14 bits per heavy atom. The third-order valence-corrected chi connectivity index (χ3v) is 9.20. The third kappa shape index (κ3) is 6.50. The van der Waals surface area contributed by atoms with Crippen LogP contribution in [0.2, 0.25) is 0 Å². The van der Waals surface area contributed by atoms with Crippen LogP contribution in [0.15, 0.2) is 24.0 Å². The lowest BCUT2D eigenvalue weighted by atomic mass is 9.77. The molecule has 43 heavy (non-hydrogen) atoms. The second-order valence-corrected chi connectivity index (χ2v) is 13.2. The highest BCUT2D eigenvalue weighted by molar-refractivity contribution is 5.86. The second kappa shape index (κ2) is 12.3. The van der Waals surface area contributed by atoms with E-state index >= 15 is 0 Å². The van der Waals surface area contributed by atoms with Crippen LogP contribution in [-0.4, -0.2) is 109 Å². The molecular formula is C32H46N2O9. The monoisotopic (exact) mass is 602 g/mol. The Morgan fingerprint density at radius 3 is 2.58 bits per heavy atom. The fraction of sp³-hybridized carbons (Fsp3) is 0.688. The average molecular weight is 603 g/mol. The van der Waals surface area contributed by atoms with Gasteiger partial charge in [0.25, 0.3) is 0 Å². The van der Waals surface area contributed by atoms with E-state index in [9.17, 15) is 19.8 Å². The summed E-state index contributed by atoms with van der Waals surface area (Å²) in [6, 6.07) is 4.02. The number of likely N-dealkylation sites (N-methyl/N-ethyl adjacent to an activating group) is 1. The molecule has 0 bridgehead atoms. The van der Waals surface area contributed by atoms with Gasteiger partial charge in [-0.2, -0.15) is 0 Å². The topological polar surface area (TPSA) is 127 Å². The molecule has 1 saturated heterocycles. The summed E-state index contributed by atoms with van der Waals surface area (Å²) in [7, 11) is 5.28. The molecule has 1 aromatic rings. The van der Waals surface area contributed by atoms with E-state index in [-0.39, 0.29) is 25.7 Å². The van der Waals surface area contributed by atoms with Crippen molar-refractivity contribution in [1.29, 1.82) is 0 Å². The zero-order chi connectivity index (χ0) is 31.0. The summed E-state index contributed by atoms with van der Waals surface area (Å²) in [6.07, 6.45) is 3.91. The first kappa shape index (κ1) is 31.6. The molecular weight excluding hydrogens is 556 g/mol. The molecule has 3 aliphatic heterocycles. The van der Waals surface area contributed by atoms with Crippen molar-refractivity contribution in [3.05, 3.63) is 35.1 Å². The fourth-order valence-corrected chi connectivity index (χ4v) is 7.03. The summed E-state index contributed by atoms with van der Waals surface area (Å²) < 4.78 is 28.9. The van der Waals surface area contributed by atoms with Crippen LogP contribution in [-0.2, 0) is 30.2 Å². The second-order valence-electron chi connectivity index (χ2n) is 13.2. The van der Waals surface area contributed by atoms with E-state index in [2.05, 4.69) is 11.0 Å². The Hall–Kier alpha value is -2.86. The Bertz CT molecular complexity index is 1240. The summed E-state index contributed by atoms with van der Waals surface area (Å²) in [5, 5.41) is 22.0. The van der Waals surface area contributed by atoms with Crippen LogP contribution in [0.25, 0.3) is 0 Å². The van der Waals surface area contributed by atoms with Crippen molar-refractivity contribution < 1.29 is 43.5 Å². The highest BCUT2D eigenvalue weighted by Crippen LogP contribution is 2.55. The standard InChI is InChI=1S/C32H46N2O9/c1-30(2,37)9-6-11-32(38,19-26(35)40-15-14-33(3)4)29(36)43-28-25(39-5)18-31-10-7-12-34(31)13-8-21-16-23-24(42-20-41-23)17-22(21)27(28)31/h16-18,27-28,37-38H,6-15,19-20H2,1-5H3/t27-,28?,31-,32-/m1/s1. The number of hydrogen-bond donors (Lipinski definition) is 2. The van der Waals surface area contributed by atoms with Crippen molar-refractivity contribution in [1.82, 2.24) is 9.80 Å². The van der Waals surface area contributed by atoms with Crippen LogP contribution in [0.1, 0.15) is 69.4 Å². The number of nitrogens with zero attached hydrogens (tertiary/aromatic N) is 2. The van der Waals surface area contributed by atoms with Gasteiger partial charge in [-0.15, -0.1) is 0 Å². The molecule has 4 atom stereocenters. The number of aliphatic hydroxyl groups is 2. The van der Waals surface area contributed by atoms with Crippen LogP contribution in [0.3, 0.4) is 0 Å². The SMILES string of the molecule is COC1=C[C@@]23CCCN2CCc2cc4c(cc2[C@@H]3C1OC(=O)[C@@](O)(CCCC(C)(C)O)CC(=O)OCCN(C)C)OCO4. The summed E-state index contributed by atoms with van der Waals surface area (Å²) in [6.45, 7) is 5.86. The molecule has 1 aliphatic carbocycles. The van der Waals surface area contributed by atoms with E-state index in [1.54, 1.807) is 21.0 Å². The first-order valence-corrected chi connectivity index (χ1v) is 15.3. The van der Waals surface area contributed by atoms with Gasteiger partial charge in [-0.05, 0) is 102 Å². The molecule has 1 unspecified atom stereocenters. The van der Waals surface area contributed by atoms with Crippen LogP contribution in [0.4, 0.5) is 0 Å². The summed E-state index contributed by atoms with van der Waals surface area (Å²) >= 11 is 0. The molecule has 11 heteroatoms. The van der Waals surface area contributed by atoms with Crippen molar-refractivity contribution in [2.24, 2.45) is 0 Å². The van der Waals surface area contributed by atoms with Gasteiger partial charge in [0.2, 0.25) is 6.79 Å². The van der Waals surface area contributed by atoms with Gasteiger partial charge in [-0.25, -0.2) is 4.79 Å². The van der Waals surface area contributed by atoms with Crippen molar-refractivity contribution in [3.8, 4) is 11.5 Å². The number of benzene rings is 1. The van der Waals surface area contributed by atoms with Crippen LogP contribution >= 0.6 is 0 Å². The number of rotatable bonds is 12. The van der Waals surface area contributed by atoms with Crippen molar-refractivity contribution in [3.63, 3.8) is 0 Å². The molecule has 1 aromatic carbocycles. The number of fused-ring (bicyclic) bond motifs is 3. The zero-order valence-electron chi connectivity index (χ0n) is 26.0. The molecule has 0 radical (unpaired) electrons. The van der Waals surface area contributed by atoms with Gasteiger partial charge in [0.1, 0.15) is 12.4 Å². The van der Waals surface area contributed by atoms with E-state index in [1.807, 2.05) is 31.1 Å². The number of carbonyl (C=O) groups excluding carboxylic acids is 2. The van der Waals surface area contributed by atoms with Gasteiger partial charge in [-0.1, -0.05) is 0 Å². The number of methoxy groups -OCH3 is 1. The van der Waals surface area contributed by atoms with Crippen molar-refractivity contribution in [2.75, 3.05) is 54.2 Å². The molecule has 5 rings (SSSR count). The average Bonchev–Trinajstić information content (AvgIpc) is 3.61. The lowest BCUT2D eigenvalue weighted by Crippen LogP contribution is -2.49. The maximum Gasteiger partial charge on any atom is 0.339 e. The van der Waals surface area contributed by atoms with Crippen LogP contribution in [0, 0.1) is 0 Å². The smallest absolute Gasteiger partial charge is 0.339 e. The van der Waals surface area contributed by atoms with E-state index in [0.717, 1.165) is 43.5 Å². The molecule has 1 spiro atoms. The van der Waals surface area contributed by atoms with E-state index < -0.39 is 41.2 Å². The van der Waals surface area contributed by atoms with Crippen molar-refractivity contribution >= 4 is 11.9 Å². The Balaban J connectivity index is 1.45. The van der Waals surface area contributed by atoms with Crippen molar-refractivity contribution in [2.45, 2.75) is 87.6 Å². The molecule has 2 N–H and O–H groups in total. The minimum Gasteiger partial charge on any atom is -0.497 e. The van der Waals surface area contributed by atoms with Crippen LogP contribution in [0.5, 0.6) is 11.5 Å². The maximum absolute atomic E-state index is 14.0. The lowest BCUT2D eigenvalue weighted by Gasteiger charge is -2.39. The molecule has 0 amide bonds. The predicted octanol–water partition coefficient (Wildman–Crippen LogP) is 2.51. The molecule has 4 aliphatic rings. The first-order chi connectivity index (χ1) is 20.3. The minimum absolute atomic E-state index is 0.0748. The van der Waals surface area contributed by atoms with Gasteiger partial charge in [0, 0.05) is 13.1 Å². The fourth-order valence-electron chi connectivity index (χ4n) is 7.03. The van der Waals surface area contributed by atoms with E-state index in [0.29, 0.717) is 36.6 Å². The van der Waals surface area contributed by atoms with Gasteiger partial charge in [0.15, 0.2) is 23.2 Å². The number of carbonyl (C=O) groups is 2. The Morgan fingerprint density at radius 2 is 1.88 bits per heavy atom.